The Hall–Kier alpha value is -2.53. The number of nitriles is 1. The fraction of sp³-hybridized carbons (Fsp3) is 0.118. The van der Waals surface area contributed by atoms with Crippen LogP contribution in [0.4, 0.5) is 5.69 Å². The highest BCUT2D eigenvalue weighted by molar-refractivity contribution is 5.73. The van der Waals surface area contributed by atoms with Crippen LogP contribution in [0.3, 0.4) is 0 Å². The van der Waals surface area contributed by atoms with Crippen LogP contribution in [-0.2, 0) is 0 Å². The van der Waals surface area contributed by atoms with Gasteiger partial charge in [-0.2, -0.15) is 5.26 Å². The lowest BCUT2D eigenvalue weighted by molar-refractivity contribution is 1.13. The SMILES string of the molecule is CN(C)c1ccc(C=Cc2ccccc2C#N)cc1. The van der Waals surface area contributed by atoms with Crippen LogP contribution in [0.15, 0.2) is 48.5 Å². The third kappa shape index (κ3) is 3.23. The van der Waals surface area contributed by atoms with E-state index in [9.17, 15) is 0 Å². The van der Waals surface area contributed by atoms with Crippen molar-refractivity contribution in [3.05, 3.63) is 65.2 Å². The van der Waals surface area contributed by atoms with E-state index in [1.807, 2.05) is 50.5 Å². The number of hydrogen-bond acceptors (Lipinski definition) is 2. The van der Waals surface area contributed by atoms with Gasteiger partial charge in [-0.05, 0) is 29.3 Å². The molecule has 0 saturated carbocycles. The monoisotopic (exact) mass is 248 g/mol. The molecular weight excluding hydrogens is 232 g/mol. The molecule has 2 rings (SSSR count). The molecule has 2 heteroatoms. The zero-order valence-corrected chi connectivity index (χ0v) is 11.2. The lowest BCUT2D eigenvalue weighted by Gasteiger charge is -2.11. The molecule has 0 aliphatic rings. The van der Waals surface area contributed by atoms with Crippen molar-refractivity contribution in [2.24, 2.45) is 0 Å². The molecular formula is C17H16N2. The van der Waals surface area contributed by atoms with Crippen LogP contribution in [0.25, 0.3) is 12.2 Å². The average molecular weight is 248 g/mol. The van der Waals surface area contributed by atoms with Crippen molar-refractivity contribution in [3.63, 3.8) is 0 Å². The standard InChI is InChI=1S/C17H16N2/c1-19(2)17-11-8-14(9-12-17)7-10-15-5-3-4-6-16(15)13-18/h3-12H,1-2H3. The molecule has 2 aromatic carbocycles. The molecule has 0 N–H and O–H groups in total. The van der Waals surface area contributed by atoms with Crippen LogP contribution in [0.5, 0.6) is 0 Å². The molecule has 0 bridgehead atoms. The summed E-state index contributed by atoms with van der Waals surface area (Å²) < 4.78 is 0. The lowest BCUT2D eigenvalue weighted by atomic mass is 10.1. The van der Waals surface area contributed by atoms with Crippen molar-refractivity contribution in [1.82, 2.24) is 0 Å². The molecule has 0 heterocycles. The summed E-state index contributed by atoms with van der Waals surface area (Å²) in [7, 11) is 4.04. The third-order valence-electron chi connectivity index (χ3n) is 2.95. The van der Waals surface area contributed by atoms with E-state index in [0.717, 1.165) is 11.1 Å². The number of rotatable bonds is 3. The molecule has 2 nitrogen and oxygen atoms in total. The Morgan fingerprint density at radius 1 is 0.947 bits per heavy atom. The maximum absolute atomic E-state index is 9.02. The second-order valence-corrected chi connectivity index (χ2v) is 4.52. The average Bonchev–Trinajstić information content (AvgIpc) is 2.45. The highest BCUT2D eigenvalue weighted by Gasteiger charge is 1.97. The molecule has 0 atom stereocenters. The largest absolute Gasteiger partial charge is 0.378 e. The molecule has 2 aromatic rings. The number of benzene rings is 2. The van der Waals surface area contributed by atoms with Crippen molar-refractivity contribution in [2.45, 2.75) is 0 Å². The van der Waals surface area contributed by atoms with E-state index in [2.05, 4.69) is 35.2 Å². The van der Waals surface area contributed by atoms with Crippen LogP contribution in [0, 0.1) is 11.3 Å². The molecule has 0 saturated heterocycles. The first-order valence-corrected chi connectivity index (χ1v) is 6.15. The molecule has 0 spiro atoms. The fourth-order valence-electron chi connectivity index (χ4n) is 1.81. The summed E-state index contributed by atoms with van der Waals surface area (Å²) in [6.07, 6.45) is 4.00. The summed E-state index contributed by atoms with van der Waals surface area (Å²) in [5, 5.41) is 9.02. The molecule has 0 fully saturated rings. The fourth-order valence-corrected chi connectivity index (χ4v) is 1.81. The van der Waals surface area contributed by atoms with Crippen LogP contribution >= 0.6 is 0 Å². The Balaban J connectivity index is 2.21. The number of anilines is 1. The normalized spacial score (nSPS) is 10.4. The Kier molecular flexibility index (Phi) is 4.00. The minimum absolute atomic E-state index is 0.698. The maximum Gasteiger partial charge on any atom is 0.0997 e. The van der Waals surface area contributed by atoms with Gasteiger partial charge in [0.2, 0.25) is 0 Å². The molecule has 0 radical (unpaired) electrons. The molecule has 0 unspecified atom stereocenters. The van der Waals surface area contributed by atoms with E-state index >= 15 is 0 Å². The first-order chi connectivity index (χ1) is 9.20. The molecule has 0 amide bonds. The van der Waals surface area contributed by atoms with Crippen molar-refractivity contribution in [1.29, 1.82) is 5.26 Å². The topological polar surface area (TPSA) is 27.0 Å². The molecule has 94 valence electrons. The second kappa shape index (κ2) is 5.88. The summed E-state index contributed by atoms with van der Waals surface area (Å²) in [5.41, 5.74) is 3.94. The van der Waals surface area contributed by atoms with Gasteiger partial charge in [0, 0.05) is 19.8 Å². The molecule has 0 aliphatic carbocycles. The van der Waals surface area contributed by atoms with Crippen molar-refractivity contribution in [3.8, 4) is 6.07 Å². The van der Waals surface area contributed by atoms with Gasteiger partial charge in [0.05, 0.1) is 11.6 Å². The summed E-state index contributed by atoms with van der Waals surface area (Å²) in [6, 6.07) is 18.1. The van der Waals surface area contributed by atoms with Crippen LogP contribution in [0.1, 0.15) is 16.7 Å². The van der Waals surface area contributed by atoms with Gasteiger partial charge in [-0.1, -0.05) is 42.5 Å². The van der Waals surface area contributed by atoms with Crippen molar-refractivity contribution >= 4 is 17.8 Å². The van der Waals surface area contributed by atoms with Gasteiger partial charge in [0.1, 0.15) is 0 Å². The Morgan fingerprint density at radius 3 is 2.26 bits per heavy atom. The van der Waals surface area contributed by atoms with Crippen molar-refractivity contribution < 1.29 is 0 Å². The van der Waals surface area contributed by atoms with Gasteiger partial charge >= 0.3 is 0 Å². The van der Waals surface area contributed by atoms with Crippen LogP contribution in [0.2, 0.25) is 0 Å². The summed E-state index contributed by atoms with van der Waals surface area (Å²) in [6.45, 7) is 0. The van der Waals surface area contributed by atoms with Crippen molar-refractivity contribution in [2.75, 3.05) is 19.0 Å². The van der Waals surface area contributed by atoms with Crippen LogP contribution < -0.4 is 4.90 Å². The van der Waals surface area contributed by atoms with E-state index < -0.39 is 0 Å². The lowest BCUT2D eigenvalue weighted by Crippen LogP contribution is -2.07. The quantitative estimate of drug-likeness (QED) is 0.773. The Labute approximate surface area is 114 Å². The van der Waals surface area contributed by atoms with E-state index in [0.29, 0.717) is 5.56 Å². The first kappa shape index (κ1) is 12.9. The second-order valence-electron chi connectivity index (χ2n) is 4.52. The zero-order chi connectivity index (χ0) is 13.7. The summed E-state index contributed by atoms with van der Waals surface area (Å²) in [5.74, 6) is 0. The van der Waals surface area contributed by atoms with Gasteiger partial charge in [-0.15, -0.1) is 0 Å². The maximum atomic E-state index is 9.02. The minimum Gasteiger partial charge on any atom is -0.378 e. The Morgan fingerprint density at radius 2 is 1.63 bits per heavy atom. The zero-order valence-electron chi connectivity index (χ0n) is 11.2. The number of hydrogen-bond donors (Lipinski definition) is 0. The van der Waals surface area contributed by atoms with E-state index in [-0.39, 0.29) is 0 Å². The van der Waals surface area contributed by atoms with Gasteiger partial charge in [-0.25, -0.2) is 0 Å². The van der Waals surface area contributed by atoms with Gasteiger partial charge in [-0.3, -0.25) is 0 Å². The minimum atomic E-state index is 0.698. The van der Waals surface area contributed by atoms with Gasteiger partial charge in [0.25, 0.3) is 0 Å². The molecule has 19 heavy (non-hydrogen) atoms. The van der Waals surface area contributed by atoms with Crippen LogP contribution in [-0.4, -0.2) is 14.1 Å². The molecule has 0 aliphatic heterocycles. The predicted octanol–water partition coefficient (Wildman–Crippen LogP) is 3.79. The Bertz CT molecular complexity index is 616. The summed E-state index contributed by atoms with van der Waals surface area (Å²) >= 11 is 0. The van der Waals surface area contributed by atoms with E-state index in [1.54, 1.807) is 0 Å². The first-order valence-electron chi connectivity index (χ1n) is 6.15. The highest BCUT2D eigenvalue weighted by atomic mass is 15.1. The van der Waals surface area contributed by atoms with E-state index in [4.69, 9.17) is 5.26 Å². The predicted molar refractivity (Wildman–Crippen MR) is 80.9 cm³/mol. The smallest absolute Gasteiger partial charge is 0.0997 e. The summed E-state index contributed by atoms with van der Waals surface area (Å²) in [4.78, 5) is 2.07. The van der Waals surface area contributed by atoms with Gasteiger partial charge in [0.15, 0.2) is 0 Å². The molecule has 0 aromatic heterocycles. The third-order valence-corrected chi connectivity index (χ3v) is 2.95. The van der Waals surface area contributed by atoms with Gasteiger partial charge < -0.3 is 4.90 Å². The van der Waals surface area contributed by atoms with E-state index in [1.165, 1.54) is 5.69 Å². The number of nitrogens with zero attached hydrogens (tertiary/aromatic N) is 2. The highest BCUT2D eigenvalue weighted by Crippen LogP contribution is 2.15.